The van der Waals surface area contributed by atoms with Crippen molar-refractivity contribution in [2.24, 2.45) is 0 Å². The minimum Gasteiger partial charge on any atom is -0.395 e. The van der Waals surface area contributed by atoms with Gasteiger partial charge >= 0.3 is 0 Å². The second-order valence-electron chi connectivity index (χ2n) is 5.28. The number of hydrogen-bond acceptors (Lipinski definition) is 1. The maximum atomic E-state index is 10.2. The van der Waals surface area contributed by atoms with E-state index in [-0.39, 0.29) is 12.0 Å². The van der Waals surface area contributed by atoms with Gasteiger partial charge in [0.05, 0.1) is 6.61 Å². The van der Waals surface area contributed by atoms with Gasteiger partial charge in [-0.25, -0.2) is 0 Å². The van der Waals surface area contributed by atoms with Gasteiger partial charge in [-0.05, 0) is 31.4 Å². The standard InChI is InChI=1S/C19H22O/c1-3-16(2)14-19(15-20,17-10-6-4-7-11-17)18-12-8-5-9-13-18/h3-13,20H,14-15H2,1-2H3/b16-3+. The highest BCUT2D eigenvalue weighted by Gasteiger charge is 2.33. The first-order valence-electron chi connectivity index (χ1n) is 7.06. The lowest BCUT2D eigenvalue weighted by molar-refractivity contribution is 0.218. The first-order valence-corrected chi connectivity index (χ1v) is 7.06. The van der Waals surface area contributed by atoms with Crippen LogP contribution in [-0.2, 0) is 5.41 Å². The van der Waals surface area contributed by atoms with Crippen LogP contribution in [0, 0.1) is 0 Å². The van der Waals surface area contributed by atoms with Gasteiger partial charge in [0.1, 0.15) is 0 Å². The molecule has 0 heterocycles. The normalized spacial score (nSPS) is 12.4. The molecule has 104 valence electrons. The Morgan fingerprint density at radius 1 is 0.950 bits per heavy atom. The van der Waals surface area contributed by atoms with Crippen LogP contribution in [0.1, 0.15) is 31.4 Å². The second kappa shape index (κ2) is 6.53. The predicted molar refractivity (Wildman–Crippen MR) is 84.8 cm³/mol. The molecule has 0 amide bonds. The molecular formula is C19H22O. The number of rotatable bonds is 5. The summed E-state index contributed by atoms with van der Waals surface area (Å²) in [6.07, 6.45) is 2.95. The molecule has 0 aliphatic rings. The highest BCUT2D eigenvalue weighted by molar-refractivity contribution is 5.41. The topological polar surface area (TPSA) is 20.2 Å². The van der Waals surface area contributed by atoms with Gasteiger partial charge in [0, 0.05) is 5.41 Å². The van der Waals surface area contributed by atoms with Crippen LogP contribution in [0.3, 0.4) is 0 Å². The Morgan fingerprint density at radius 3 is 1.75 bits per heavy atom. The maximum Gasteiger partial charge on any atom is 0.0571 e. The van der Waals surface area contributed by atoms with Crippen molar-refractivity contribution < 1.29 is 5.11 Å². The lowest BCUT2D eigenvalue weighted by Crippen LogP contribution is -2.32. The monoisotopic (exact) mass is 266 g/mol. The SMILES string of the molecule is C/C=C(\C)CC(CO)(c1ccccc1)c1ccccc1. The van der Waals surface area contributed by atoms with E-state index in [1.165, 1.54) is 5.57 Å². The van der Waals surface area contributed by atoms with Crippen molar-refractivity contribution in [3.8, 4) is 0 Å². The molecule has 0 aliphatic heterocycles. The molecule has 20 heavy (non-hydrogen) atoms. The predicted octanol–water partition coefficient (Wildman–Crippen LogP) is 4.32. The van der Waals surface area contributed by atoms with E-state index in [4.69, 9.17) is 0 Å². The summed E-state index contributed by atoms with van der Waals surface area (Å²) >= 11 is 0. The summed E-state index contributed by atoms with van der Waals surface area (Å²) in [5.41, 5.74) is 3.25. The summed E-state index contributed by atoms with van der Waals surface area (Å²) in [6, 6.07) is 20.6. The van der Waals surface area contributed by atoms with E-state index in [2.05, 4.69) is 37.3 Å². The molecule has 1 nitrogen and oxygen atoms in total. The van der Waals surface area contributed by atoms with E-state index in [9.17, 15) is 5.11 Å². The Bertz CT molecular complexity index is 515. The quantitative estimate of drug-likeness (QED) is 0.799. The highest BCUT2D eigenvalue weighted by Crippen LogP contribution is 2.37. The maximum absolute atomic E-state index is 10.2. The van der Waals surface area contributed by atoms with Crippen LogP contribution in [0.4, 0.5) is 0 Å². The van der Waals surface area contributed by atoms with E-state index < -0.39 is 0 Å². The van der Waals surface area contributed by atoms with Crippen LogP contribution in [0.5, 0.6) is 0 Å². The van der Waals surface area contributed by atoms with Gasteiger partial charge in [0.25, 0.3) is 0 Å². The highest BCUT2D eigenvalue weighted by atomic mass is 16.3. The molecule has 0 radical (unpaired) electrons. The molecule has 0 aliphatic carbocycles. The van der Waals surface area contributed by atoms with Crippen molar-refractivity contribution in [1.82, 2.24) is 0 Å². The first-order chi connectivity index (χ1) is 9.73. The molecule has 2 aromatic rings. The third-order valence-corrected chi connectivity index (χ3v) is 4.00. The molecular weight excluding hydrogens is 244 g/mol. The van der Waals surface area contributed by atoms with Gasteiger partial charge in [-0.2, -0.15) is 0 Å². The lowest BCUT2D eigenvalue weighted by atomic mass is 9.71. The Morgan fingerprint density at radius 2 is 1.40 bits per heavy atom. The number of allylic oxidation sites excluding steroid dienone is 2. The van der Waals surface area contributed by atoms with Gasteiger partial charge in [0.15, 0.2) is 0 Å². The van der Waals surface area contributed by atoms with E-state index in [1.807, 2.05) is 43.3 Å². The summed E-state index contributed by atoms with van der Waals surface area (Å²) in [4.78, 5) is 0. The van der Waals surface area contributed by atoms with Crippen molar-refractivity contribution in [3.63, 3.8) is 0 Å². The van der Waals surface area contributed by atoms with Gasteiger partial charge < -0.3 is 5.11 Å². The minimum atomic E-state index is -0.362. The molecule has 0 unspecified atom stereocenters. The summed E-state index contributed by atoms with van der Waals surface area (Å²) in [5.74, 6) is 0. The average molecular weight is 266 g/mol. The van der Waals surface area contributed by atoms with E-state index in [0.717, 1.165) is 17.5 Å². The molecule has 0 saturated carbocycles. The fourth-order valence-electron chi connectivity index (χ4n) is 2.70. The van der Waals surface area contributed by atoms with Crippen molar-refractivity contribution in [2.75, 3.05) is 6.61 Å². The van der Waals surface area contributed by atoms with Crippen LogP contribution >= 0.6 is 0 Å². The Labute approximate surface area is 121 Å². The third-order valence-electron chi connectivity index (χ3n) is 4.00. The number of hydrogen-bond donors (Lipinski definition) is 1. The zero-order valence-corrected chi connectivity index (χ0v) is 12.2. The Kier molecular flexibility index (Phi) is 4.75. The molecule has 1 N–H and O–H groups in total. The van der Waals surface area contributed by atoms with Crippen LogP contribution < -0.4 is 0 Å². The zero-order valence-electron chi connectivity index (χ0n) is 12.2. The Balaban J connectivity index is 2.58. The smallest absolute Gasteiger partial charge is 0.0571 e. The molecule has 0 fully saturated rings. The van der Waals surface area contributed by atoms with Crippen LogP contribution in [-0.4, -0.2) is 11.7 Å². The van der Waals surface area contributed by atoms with Crippen molar-refractivity contribution in [1.29, 1.82) is 0 Å². The van der Waals surface area contributed by atoms with E-state index >= 15 is 0 Å². The second-order valence-corrected chi connectivity index (χ2v) is 5.28. The molecule has 1 heteroatoms. The van der Waals surface area contributed by atoms with Crippen LogP contribution in [0.15, 0.2) is 72.3 Å². The molecule has 0 spiro atoms. The first kappa shape index (κ1) is 14.5. The molecule has 2 aromatic carbocycles. The average Bonchev–Trinajstić information content (AvgIpc) is 2.54. The van der Waals surface area contributed by atoms with E-state index in [0.29, 0.717) is 0 Å². The molecule has 2 rings (SSSR count). The molecule has 0 atom stereocenters. The third kappa shape index (κ3) is 2.83. The van der Waals surface area contributed by atoms with Crippen molar-refractivity contribution in [2.45, 2.75) is 25.7 Å². The fraction of sp³-hybridized carbons (Fsp3) is 0.263. The number of aliphatic hydroxyl groups is 1. The van der Waals surface area contributed by atoms with Gasteiger partial charge in [-0.1, -0.05) is 72.3 Å². The van der Waals surface area contributed by atoms with Gasteiger partial charge in [0.2, 0.25) is 0 Å². The van der Waals surface area contributed by atoms with Gasteiger partial charge in [-0.15, -0.1) is 0 Å². The molecule has 0 aromatic heterocycles. The molecule has 0 saturated heterocycles. The Hall–Kier alpha value is -1.86. The minimum absolute atomic E-state index is 0.103. The van der Waals surface area contributed by atoms with Crippen LogP contribution in [0.25, 0.3) is 0 Å². The largest absolute Gasteiger partial charge is 0.395 e. The number of benzene rings is 2. The fourth-order valence-corrected chi connectivity index (χ4v) is 2.70. The lowest BCUT2D eigenvalue weighted by Gasteiger charge is -2.34. The zero-order chi connectivity index (χ0) is 14.4. The number of aliphatic hydroxyl groups excluding tert-OH is 1. The molecule has 0 bridgehead atoms. The van der Waals surface area contributed by atoms with Crippen molar-refractivity contribution in [3.05, 3.63) is 83.4 Å². The summed E-state index contributed by atoms with van der Waals surface area (Å²) in [6.45, 7) is 4.27. The summed E-state index contributed by atoms with van der Waals surface area (Å²) in [5, 5.41) is 10.2. The van der Waals surface area contributed by atoms with E-state index in [1.54, 1.807) is 0 Å². The summed E-state index contributed by atoms with van der Waals surface area (Å²) in [7, 11) is 0. The van der Waals surface area contributed by atoms with Crippen LogP contribution in [0.2, 0.25) is 0 Å². The van der Waals surface area contributed by atoms with Gasteiger partial charge in [-0.3, -0.25) is 0 Å². The van der Waals surface area contributed by atoms with Crippen molar-refractivity contribution >= 4 is 0 Å². The summed E-state index contributed by atoms with van der Waals surface area (Å²) < 4.78 is 0.